The first-order valence-electron chi connectivity index (χ1n) is 10.7. The Kier molecular flexibility index (Phi) is 0.650. The van der Waals surface area contributed by atoms with Crippen LogP contribution in [0.4, 0.5) is 11.4 Å². The number of carbonyl (C=O) groups is 1. The van der Waals surface area contributed by atoms with E-state index in [0.717, 1.165) is 15.3 Å². The summed E-state index contributed by atoms with van der Waals surface area (Å²) in [5.41, 5.74) is 2.43. The quantitative estimate of drug-likeness (QED) is 0.391. The van der Waals surface area contributed by atoms with Gasteiger partial charge in [0.25, 0.3) is 0 Å². The molecule has 1 amide bonds. The maximum absolute atomic E-state index is 13.1. The number of nitro groups is 1. The Labute approximate surface area is 156 Å². The maximum atomic E-state index is 13.1. The van der Waals surface area contributed by atoms with Crippen molar-refractivity contribution < 1.29 is 16.2 Å². The van der Waals surface area contributed by atoms with Crippen molar-refractivity contribution in [1.82, 2.24) is 0 Å². The van der Waals surface area contributed by atoms with Crippen LogP contribution >= 0.6 is 0 Å². The molecular formula is C23H18FeN2O3. The first-order valence-corrected chi connectivity index (χ1v) is 17.0. The Morgan fingerprint density at radius 3 is 2.03 bits per heavy atom. The van der Waals surface area contributed by atoms with Crippen LogP contribution in [0.3, 0.4) is 0 Å². The van der Waals surface area contributed by atoms with Crippen LogP contribution in [0.15, 0.2) is 48.5 Å². The van der Waals surface area contributed by atoms with Gasteiger partial charge in [0, 0.05) is 0 Å². The van der Waals surface area contributed by atoms with E-state index >= 15 is 0 Å². The predicted octanol–water partition coefficient (Wildman–Crippen LogP) is 5.64. The summed E-state index contributed by atoms with van der Waals surface area (Å²) in [5, 5.41) is 14.5. The summed E-state index contributed by atoms with van der Waals surface area (Å²) in [7, 11) is 0. The molecule has 0 radical (unpaired) electrons. The Hall–Kier alpha value is -2.17. The number of nitro benzene ring substituents is 1. The van der Waals surface area contributed by atoms with E-state index in [1.807, 2.05) is 12.1 Å². The molecule has 10 saturated heterocycles. The first-order chi connectivity index (χ1) is 13.8. The second-order valence-electron chi connectivity index (χ2n) is 13.5. The van der Waals surface area contributed by atoms with Gasteiger partial charge in [-0.15, -0.1) is 0 Å². The molecule has 0 aliphatic carbocycles. The zero-order valence-corrected chi connectivity index (χ0v) is 16.4. The fraction of sp³-hybridized carbons (Fsp3) is 0.435. The van der Waals surface area contributed by atoms with E-state index in [4.69, 9.17) is 0 Å². The number of nitrogens with zero attached hydrogens (tertiary/aromatic N) is 1. The molecule has 29 heavy (non-hydrogen) atoms. The summed E-state index contributed by atoms with van der Waals surface area (Å²) in [4.78, 5) is 34.8. The Balaban J connectivity index is 1.08. The SMILES string of the molecule is O=C(Nc1ccccc1[C]12[CH]3[CH]4[CH]5[CH]1[Fe]45321678[CH]2[CH]1[CH]6[CH]7[CH]28)c1ccccc1[N+](=O)[O-]. The summed E-state index contributed by atoms with van der Waals surface area (Å²) in [6.07, 6.45) is 0. The van der Waals surface area contributed by atoms with Crippen LogP contribution in [0.25, 0.3) is 0 Å². The van der Waals surface area contributed by atoms with Gasteiger partial charge in [0.1, 0.15) is 0 Å². The molecule has 12 rings (SSSR count). The Bertz CT molecular complexity index is 1660. The number of anilines is 1. The summed E-state index contributed by atoms with van der Waals surface area (Å²) in [6.45, 7) is -3.34. The normalized spacial score (nSPS) is 74.1. The first kappa shape index (κ1) is 12.5. The molecule has 10 fully saturated rings. The number of hydrogen-bond donors (Lipinski definition) is 1. The fourth-order valence-electron chi connectivity index (χ4n) is 18.9. The van der Waals surface area contributed by atoms with Crippen molar-refractivity contribution in [3.05, 3.63) is 69.8 Å². The minimum absolute atomic E-state index is 0.125. The number of carbonyl (C=O) groups excluding carboxylic acids is 1. The molecule has 4 atom stereocenters. The van der Waals surface area contributed by atoms with Gasteiger partial charge in [-0.3, -0.25) is 0 Å². The number of hydrogen-bond acceptors (Lipinski definition) is 3. The van der Waals surface area contributed by atoms with Crippen LogP contribution in [-0.4, -0.2) is 10.8 Å². The summed E-state index contributed by atoms with van der Waals surface area (Å²) >= 11 is 0. The predicted molar refractivity (Wildman–Crippen MR) is 103 cm³/mol. The van der Waals surface area contributed by atoms with Crippen molar-refractivity contribution >= 4 is 17.3 Å². The standard InChI is InChI=1S/C18H13N2O3.C5H5.Fe/c21-18(15-10-4-6-12-17(15)20(22)23)19-16-11-5-3-9-14(16)13-7-1-2-8-13;1-2-4-5-3-1;/h1-12H,(H,19,21);1-5H;. The molecule has 2 aromatic rings. The van der Waals surface area contributed by atoms with E-state index in [9.17, 15) is 14.9 Å². The van der Waals surface area contributed by atoms with Crippen molar-refractivity contribution in [2.45, 2.75) is 47.7 Å². The molecule has 1 N–H and O–H groups in total. The number of nitrogens with one attached hydrogen (secondary N) is 1. The van der Waals surface area contributed by atoms with E-state index in [1.165, 1.54) is 45.3 Å². The third-order valence-electron chi connectivity index (χ3n) is 17.6. The molecule has 5 nitrogen and oxygen atoms in total. The fourth-order valence-corrected chi connectivity index (χ4v) is 93.0. The Morgan fingerprint density at radius 2 is 1.48 bits per heavy atom. The summed E-state index contributed by atoms with van der Waals surface area (Å²) in [5.74, 6) is -0.351. The molecule has 0 aromatic heterocycles. The zero-order valence-electron chi connectivity index (χ0n) is 15.3. The van der Waals surface area contributed by atoms with Gasteiger partial charge in [-0.1, -0.05) is 0 Å². The van der Waals surface area contributed by atoms with Crippen molar-refractivity contribution in [2.75, 3.05) is 5.32 Å². The van der Waals surface area contributed by atoms with Crippen LogP contribution in [0.5, 0.6) is 0 Å². The summed E-state index contributed by atoms with van der Waals surface area (Å²) < 4.78 is 0.547. The number of para-hydroxylation sites is 2. The van der Waals surface area contributed by atoms with Crippen molar-refractivity contribution in [2.24, 2.45) is 0 Å². The monoisotopic (exact) mass is 426 g/mol. The van der Waals surface area contributed by atoms with E-state index < -0.39 is 11.4 Å². The average Bonchev–Trinajstić information content (AvgIpc) is 3.67. The van der Waals surface area contributed by atoms with Gasteiger partial charge in [-0.05, 0) is 0 Å². The molecule has 2 aromatic carbocycles. The molecule has 6 heteroatoms. The third-order valence-corrected chi connectivity index (χ3v) is 60.0. The van der Waals surface area contributed by atoms with Crippen LogP contribution in [-0.2, 0) is 10.8 Å². The molecule has 146 valence electrons. The molecule has 0 bridgehead atoms. The van der Waals surface area contributed by atoms with E-state index in [-0.39, 0.29) is 17.2 Å². The molecule has 10 aliphatic heterocycles. The van der Waals surface area contributed by atoms with Gasteiger partial charge in [0.2, 0.25) is 0 Å². The van der Waals surface area contributed by atoms with Gasteiger partial charge in [-0.2, -0.15) is 0 Å². The summed E-state index contributed by atoms with van der Waals surface area (Å²) in [6, 6.07) is 14.8. The number of rotatable bonds is 4. The van der Waals surface area contributed by atoms with Gasteiger partial charge >= 0.3 is 156 Å². The topological polar surface area (TPSA) is 72.2 Å². The second-order valence-corrected chi connectivity index (χ2v) is 37.0. The molecular weight excluding hydrogens is 408 g/mol. The number of benzene rings is 2. The molecule has 10 heterocycles. The zero-order chi connectivity index (χ0) is 18.8. The Morgan fingerprint density at radius 1 is 0.897 bits per heavy atom. The van der Waals surface area contributed by atoms with Crippen molar-refractivity contribution in [3.63, 3.8) is 0 Å². The van der Waals surface area contributed by atoms with Crippen LogP contribution < -0.4 is 5.32 Å². The minimum atomic E-state index is -3.34. The van der Waals surface area contributed by atoms with Gasteiger partial charge < -0.3 is 0 Å². The van der Waals surface area contributed by atoms with Gasteiger partial charge in [0.05, 0.1) is 0 Å². The molecule has 1 spiro atoms. The van der Waals surface area contributed by atoms with Crippen LogP contribution in [0.2, 0.25) is 43.3 Å². The number of amides is 1. The van der Waals surface area contributed by atoms with Gasteiger partial charge in [-0.25, -0.2) is 0 Å². The molecule has 4 unspecified atom stereocenters. The van der Waals surface area contributed by atoms with E-state index in [0.29, 0.717) is 4.31 Å². The van der Waals surface area contributed by atoms with Crippen LogP contribution in [0, 0.1) is 10.1 Å². The number of fused-ring (bicyclic) bond motifs is 10. The average molecular weight is 426 g/mol. The molecule has 0 saturated carbocycles. The van der Waals surface area contributed by atoms with Crippen molar-refractivity contribution in [1.29, 1.82) is 0 Å². The van der Waals surface area contributed by atoms with E-state index in [1.54, 1.807) is 18.2 Å². The molecule has 10 aliphatic rings. The van der Waals surface area contributed by atoms with Gasteiger partial charge in [0.15, 0.2) is 0 Å². The third kappa shape index (κ3) is 0.233. The van der Waals surface area contributed by atoms with Crippen LogP contribution in [0.1, 0.15) is 15.9 Å². The van der Waals surface area contributed by atoms with E-state index in [2.05, 4.69) is 17.4 Å². The van der Waals surface area contributed by atoms with Crippen molar-refractivity contribution in [3.8, 4) is 0 Å². The second kappa shape index (κ2) is 1.51.